The smallest absolute Gasteiger partial charge is 0.124 e. The van der Waals surface area contributed by atoms with Gasteiger partial charge in [0.2, 0.25) is 0 Å². The molecule has 1 aliphatic heterocycles. The number of ether oxygens (including phenoxy) is 1. The van der Waals surface area contributed by atoms with Crippen LogP contribution in [-0.4, -0.2) is 16.4 Å². The van der Waals surface area contributed by atoms with Crippen molar-refractivity contribution in [3.63, 3.8) is 0 Å². The van der Waals surface area contributed by atoms with E-state index in [0.717, 1.165) is 43.8 Å². The molecule has 0 aromatic carbocycles. The number of hydrogen-bond donors (Lipinski definition) is 1. The van der Waals surface area contributed by atoms with E-state index in [1.165, 1.54) is 5.56 Å². The number of anilines is 1. The van der Waals surface area contributed by atoms with Crippen LogP contribution in [0.5, 0.6) is 0 Å². The Morgan fingerprint density at radius 1 is 1.60 bits per heavy atom. The average Bonchev–Trinajstić information content (AvgIpc) is 2.81. The Bertz CT molecular complexity index is 340. The van der Waals surface area contributed by atoms with Gasteiger partial charge in [0, 0.05) is 19.2 Å². The van der Waals surface area contributed by atoms with Gasteiger partial charge in [0.05, 0.1) is 5.69 Å². The Kier molecular flexibility index (Phi) is 2.95. The third-order valence-corrected chi connectivity index (χ3v) is 2.96. The molecule has 2 rings (SSSR count). The molecule has 1 aromatic heterocycles. The summed E-state index contributed by atoms with van der Waals surface area (Å²) < 4.78 is 7.43. The molecule has 2 heterocycles. The summed E-state index contributed by atoms with van der Waals surface area (Å²) in [4.78, 5) is 0. The van der Waals surface area contributed by atoms with Gasteiger partial charge in [-0.3, -0.25) is 4.68 Å². The van der Waals surface area contributed by atoms with Crippen molar-refractivity contribution in [1.82, 2.24) is 9.78 Å². The minimum absolute atomic E-state index is 0.176. The molecule has 0 amide bonds. The molecule has 1 saturated heterocycles. The predicted octanol–water partition coefficient (Wildman–Crippen LogP) is 1.81. The average molecular weight is 209 g/mol. The normalized spacial score (nSPS) is 21.1. The third kappa shape index (κ3) is 1.86. The molecule has 2 N–H and O–H groups in total. The van der Waals surface area contributed by atoms with Crippen LogP contribution in [0.25, 0.3) is 0 Å². The Balaban J connectivity index is 2.31. The maximum atomic E-state index is 6.00. The molecule has 84 valence electrons. The van der Waals surface area contributed by atoms with Crippen molar-refractivity contribution in [2.75, 3.05) is 12.3 Å². The highest BCUT2D eigenvalue weighted by molar-refractivity contribution is 5.44. The minimum Gasteiger partial charge on any atom is -0.384 e. The van der Waals surface area contributed by atoms with E-state index >= 15 is 0 Å². The highest BCUT2D eigenvalue weighted by Gasteiger charge is 2.25. The van der Waals surface area contributed by atoms with Crippen LogP contribution in [0, 0.1) is 0 Å². The molecule has 0 spiro atoms. The van der Waals surface area contributed by atoms with E-state index in [-0.39, 0.29) is 6.10 Å². The Morgan fingerprint density at radius 3 is 3.00 bits per heavy atom. The van der Waals surface area contributed by atoms with E-state index in [1.807, 2.05) is 7.05 Å². The lowest BCUT2D eigenvalue weighted by Gasteiger charge is -2.08. The van der Waals surface area contributed by atoms with Crippen LogP contribution in [0.4, 0.5) is 5.82 Å². The summed E-state index contributed by atoms with van der Waals surface area (Å²) in [6.07, 6.45) is 4.47. The quantitative estimate of drug-likeness (QED) is 0.826. The lowest BCUT2D eigenvalue weighted by molar-refractivity contribution is 0.107. The number of nitrogens with two attached hydrogens (primary N) is 1. The molecule has 1 atom stereocenters. The zero-order valence-electron chi connectivity index (χ0n) is 9.49. The Hall–Kier alpha value is -1.03. The van der Waals surface area contributed by atoms with Crippen molar-refractivity contribution in [1.29, 1.82) is 0 Å². The molecule has 4 nitrogen and oxygen atoms in total. The van der Waals surface area contributed by atoms with Gasteiger partial charge in [-0.25, -0.2) is 0 Å². The number of hydrogen-bond acceptors (Lipinski definition) is 3. The summed E-state index contributed by atoms with van der Waals surface area (Å²) in [5, 5.41) is 4.48. The van der Waals surface area contributed by atoms with Gasteiger partial charge < -0.3 is 10.5 Å². The molecule has 15 heavy (non-hydrogen) atoms. The van der Waals surface area contributed by atoms with Crippen molar-refractivity contribution in [2.24, 2.45) is 7.05 Å². The molecular weight excluding hydrogens is 190 g/mol. The van der Waals surface area contributed by atoms with E-state index < -0.39 is 0 Å². The maximum Gasteiger partial charge on any atom is 0.124 e. The molecule has 1 aromatic rings. The minimum atomic E-state index is 0.176. The molecule has 0 aliphatic carbocycles. The van der Waals surface area contributed by atoms with Crippen LogP contribution in [0.15, 0.2) is 0 Å². The van der Waals surface area contributed by atoms with Gasteiger partial charge >= 0.3 is 0 Å². The molecular formula is C11H19N3O. The van der Waals surface area contributed by atoms with E-state index in [9.17, 15) is 0 Å². The van der Waals surface area contributed by atoms with Crippen molar-refractivity contribution in [2.45, 2.75) is 38.7 Å². The second kappa shape index (κ2) is 4.23. The standard InChI is InChI=1S/C11H19N3O/c1-3-5-8-10(9-6-4-7-15-9)13-14(2)11(8)12/h9H,3-7,12H2,1-2H3. The number of aromatic nitrogens is 2. The SMILES string of the molecule is CCCc1c(C2CCCO2)nn(C)c1N. The summed E-state index contributed by atoms with van der Waals surface area (Å²) in [5.74, 6) is 0.794. The van der Waals surface area contributed by atoms with Crippen molar-refractivity contribution < 1.29 is 4.74 Å². The largest absolute Gasteiger partial charge is 0.384 e. The molecule has 0 bridgehead atoms. The van der Waals surface area contributed by atoms with Gasteiger partial charge in [0.1, 0.15) is 11.9 Å². The van der Waals surface area contributed by atoms with Crippen LogP contribution in [-0.2, 0) is 18.2 Å². The van der Waals surface area contributed by atoms with Gasteiger partial charge in [0.25, 0.3) is 0 Å². The van der Waals surface area contributed by atoms with E-state index in [2.05, 4.69) is 12.0 Å². The van der Waals surface area contributed by atoms with E-state index in [4.69, 9.17) is 10.5 Å². The molecule has 1 aliphatic rings. The summed E-state index contributed by atoms with van der Waals surface area (Å²) in [5.41, 5.74) is 8.25. The van der Waals surface area contributed by atoms with Crippen molar-refractivity contribution in [3.8, 4) is 0 Å². The van der Waals surface area contributed by atoms with Crippen molar-refractivity contribution >= 4 is 5.82 Å². The fourth-order valence-electron chi connectivity index (χ4n) is 2.16. The van der Waals surface area contributed by atoms with Crippen LogP contribution < -0.4 is 5.73 Å². The van der Waals surface area contributed by atoms with Crippen LogP contribution in [0.2, 0.25) is 0 Å². The first-order chi connectivity index (χ1) is 7.24. The van der Waals surface area contributed by atoms with Crippen molar-refractivity contribution in [3.05, 3.63) is 11.3 Å². The molecule has 0 radical (unpaired) electrons. The third-order valence-electron chi connectivity index (χ3n) is 2.96. The topological polar surface area (TPSA) is 53.1 Å². The Labute approximate surface area is 90.4 Å². The fourth-order valence-corrected chi connectivity index (χ4v) is 2.16. The zero-order valence-corrected chi connectivity index (χ0v) is 9.49. The van der Waals surface area contributed by atoms with Gasteiger partial charge in [-0.15, -0.1) is 0 Å². The molecule has 0 saturated carbocycles. The first-order valence-corrected chi connectivity index (χ1v) is 5.67. The van der Waals surface area contributed by atoms with E-state index in [1.54, 1.807) is 4.68 Å². The maximum absolute atomic E-state index is 6.00. The first-order valence-electron chi connectivity index (χ1n) is 5.67. The number of rotatable bonds is 3. The Morgan fingerprint density at radius 2 is 2.40 bits per heavy atom. The van der Waals surface area contributed by atoms with Crippen LogP contribution >= 0.6 is 0 Å². The molecule has 1 unspecified atom stereocenters. The molecule has 4 heteroatoms. The van der Waals surface area contributed by atoms with Gasteiger partial charge in [-0.1, -0.05) is 13.3 Å². The second-order valence-electron chi connectivity index (χ2n) is 4.12. The zero-order chi connectivity index (χ0) is 10.8. The van der Waals surface area contributed by atoms with Gasteiger partial charge in [0.15, 0.2) is 0 Å². The summed E-state index contributed by atoms with van der Waals surface area (Å²) >= 11 is 0. The first kappa shape index (κ1) is 10.5. The summed E-state index contributed by atoms with van der Waals surface area (Å²) in [6.45, 7) is 3.01. The number of nitrogens with zero attached hydrogens (tertiary/aromatic N) is 2. The lowest BCUT2D eigenvalue weighted by Crippen LogP contribution is -2.01. The summed E-state index contributed by atoms with van der Waals surface area (Å²) in [6, 6.07) is 0. The van der Waals surface area contributed by atoms with Crippen LogP contribution in [0.1, 0.15) is 43.5 Å². The number of nitrogen functional groups attached to an aromatic ring is 1. The van der Waals surface area contributed by atoms with E-state index in [0.29, 0.717) is 0 Å². The second-order valence-corrected chi connectivity index (χ2v) is 4.12. The lowest BCUT2D eigenvalue weighted by atomic mass is 10.0. The fraction of sp³-hybridized carbons (Fsp3) is 0.727. The van der Waals surface area contributed by atoms with Crippen LogP contribution in [0.3, 0.4) is 0 Å². The van der Waals surface area contributed by atoms with Gasteiger partial charge in [-0.2, -0.15) is 5.10 Å². The highest BCUT2D eigenvalue weighted by atomic mass is 16.5. The number of aryl methyl sites for hydroxylation is 1. The highest BCUT2D eigenvalue weighted by Crippen LogP contribution is 2.32. The van der Waals surface area contributed by atoms with Gasteiger partial charge in [-0.05, 0) is 19.3 Å². The monoisotopic (exact) mass is 209 g/mol. The summed E-state index contributed by atoms with van der Waals surface area (Å²) in [7, 11) is 1.90. The molecule has 1 fully saturated rings. The predicted molar refractivity (Wildman–Crippen MR) is 59.5 cm³/mol.